The van der Waals surface area contributed by atoms with Crippen molar-refractivity contribution < 1.29 is 9.74 Å². The van der Waals surface area contributed by atoms with Crippen molar-refractivity contribution in [1.82, 2.24) is 10.3 Å². The first-order valence-electron chi connectivity index (χ1n) is 4.38. The number of benzene rings is 1. The minimum Gasteiger partial charge on any atom is -0.506 e. The fourth-order valence-electron chi connectivity index (χ4n) is 1.10. The van der Waals surface area contributed by atoms with Gasteiger partial charge < -0.3 is 10.8 Å². The molecule has 0 bridgehead atoms. The molecule has 0 radical (unpaired) electrons. The minimum absolute atomic E-state index is 0.0499. The molecule has 88 valence electrons. The van der Waals surface area contributed by atoms with Gasteiger partial charge in [0.05, 0.1) is 5.02 Å². The van der Waals surface area contributed by atoms with E-state index in [-0.39, 0.29) is 22.4 Å². The highest BCUT2D eigenvalue weighted by Crippen LogP contribution is 2.30. The smallest absolute Gasteiger partial charge is 0.240 e. The van der Waals surface area contributed by atoms with E-state index in [4.69, 9.17) is 28.9 Å². The number of anilines is 1. The molecule has 0 saturated heterocycles. The molecule has 3 N–H and O–H groups in total. The van der Waals surface area contributed by atoms with Crippen LogP contribution in [0.1, 0.15) is 5.56 Å². The van der Waals surface area contributed by atoms with Crippen LogP contribution in [0.5, 0.6) is 5.75 Å². The lowest BCUT2D eigenvalue weighted by atomic mass is 10.2. The monoisotopic (exact) mass is 272 g/mol. The number of aliphatic imine (C=N–C) groups is 1. The highest BCUT2D eigenvalue weighted by Gasteiger charge is 2.07. The van der Waals surface area contributed by atoms with Crippen molar-refractivity contribution in [3.05, 3.63) is 27.7 Å². The average Bonchev–Trinajstić information content (AvgIpc) is 2.67. The third-order valence-electron chi connectivity index (χ3n) is 1.88. The fourth-order valence-corrected chi connectivity index (χ4v) is 1.60. The summed E-state index contributed by atoms with van der Waals surface area (Å²) in [6, 6.07) is 2.91. The summed E-state index contributed by atoms with van der Waals surface area (Å²) in [7, 11) is 0. The second-order valence-corrected chi connectivity index (χ2v) is 3.90. The maximum Gasteiger partial charge on any atom is 0.240 e. The lowest BCUT2D eigenvalue weighted by Crippen LogP contribution is -1.86. The number of hydrogen-bond donors (Lipinski definition) is 2. The fraction of sp³-hybridized carbons (Fsp3) is 0. The summed E-state index contributed by atoms with van der Waals surface area (Å²) in [5.41, 5.74) is 5.74. The number of rotatable bonds is 2. The molecule has 0 aliphatic carbocycles. The molecule has 0 fully saturated rings. The van der Waals surface area contributed by atoms with E-state index in [1.165, 1.54) is 18.3 Å². The van der Waals surface area contributed by atoms with E-state index in [1.807, 2.05) is 0 Å². The van der Waals surface area contributed by atoms with E-state index in [9.17, 15) is 5.11 Å². The highest BCUT2D eigenvalue weighted by atomic mass is 35.5. The Morgan fingerprint density at radius 3 is 2.76 bits per heavy atom. The predicted molar refractivity (Wildman–Crippen MR) is 64.1 cm³/mol. The molecule has 2 rings (SSSR count). The van der Waals surface area contributed by atoms with Gasteiger partial charge in [-0.05, 0) is 22.4 Å². The Hall–Kier alpha value is -1.79. The molecule has 0 atom stereocenters. The second kappa shape index (κ2) is 4.60. The Balaban J connectivity index is 2.37. The standard InChI is InChI=1S/C9H6Cl2N4O2/c10-5-1-4(7(16)6(11)2-5)3-13-9-8(12)14-17-15-9/h1-3,16H,(H2,12,14). The third-order valence-corrected chi connectivity index (χ3v) is 2.39. The molecule has 1 aromatic heterocycles. The van der Waals surface area contributed by atoms with Gasteiger partial charge in [-0.1, -0.05) is 23.2 Å². The van der Waals surface area contributed by atoms with E-state index >= 15 is 0 Å². The number of halogens is 2. The van der Waals surface area contributed by atoms with Crippen molar-refractivity contribution in [3.8, 4) is 5.75 Å². The van der Waals surface area contributed by atoms with E-state index < -0.39 is 0 Å². The van der Waals surface area contributed by atoms with Crippen molar-refractivity contribution in [3.63, 3.8) is 0 Å². The number of nitrogens with two attached hydrogens (primary N) is 1. The third kappa shape index (κ3) is 2.48. The summed E-state index contributed by atoms with van der Waals surface area (Å²) in [5, 5.41) is 17.0. The molecule has 0 unspecified atom stereocenters. The number of nitrogen functional groups attached to an aromatic ring is 1. The lowest BCUT2D eigenvalue weighted by Gasteiger charge is -2.01. The zero-order chi connectivity index (χ0) is 12.4. The second-order valence-electron chi connectivity index (χ2n) is 3.06. The van der Waals surface area contributed by atoms with Gasteiger partial charge in [0.15, 0.2) is 0 Å². The van der Waals surface area contributed by atoms with Crippen LogP contribution in [0.3, 0.4) is 0 Å². The quantitative estimate of drug-likeness (QED) is 0.819. The molecular weight excluding hydrogens is 267 g/mol. The van der Waals surface area contributed by atoms with E-state index in [2.05, 4.69) is 19.9 Å². The number of phenolic OH excluding ortho intramolecular Hbond substituents is 1. The molecule has 2 aromatic rings. The van der Waals surface area contributed by atoms with Gasteiger partial charge in [-0.25, -0.2) is 9.62 Å². The molecule has 17 heavy (non-hydrogen) atoms. The van der Waals surface area contributed by atoms with Crippen molar-refractivity contribution in [2.24, 2.45) is 4.99 Å². The van der Waals surface area contributed by atoms with Gasteiger partial charge in [0, 0.05) is 16.8 Å². The van der Waals surface area contributed by atoms with Gasteiger partial charge in [0.1, 0.15) is 5.75 Å². The summed E-state index contributed by atoms with van der Waals surface area (Å²) in [6.45, 7) is 0. The topological polar surface area (TPSA) is 97.5 Å². The molecule has 0 spiro atoms. The van der Waals surface area contributed by atoms with Crippen LogP contribution < -0.4 is 5.73 Å². The summed E-state index contributed by atoms with van der Waals surface area (Å²) in [4.78, 5) is 3.88. The molecule has 1 aromatic carbocycles. The first-order valence-corrected chi connectivity index (χ1v) is 5.13. The van der Waals surface area contributed by atoms with Crippen molar-refractivity contribution >= 4 is 41.1 Å². The molecule has 0 amide bonds. The van der Waals surface area contributed by atoms with Gasteiger partial charge in [0.25, 0.3) is 0 Å². The van der Waals surface area contributed by atoms with Crippen LogP contribution in [0.4, 0.5) is 11.6 Å². The maximum atomic E-state index is 9.65. The molecule has 0 aliphatic rings. The van der Waals surface area contributed by atoms with Gasteiger partial charge in [-0.15, -0.1) is 0 Å². The maximum absolute atomic E-state index is 9.65. The SMILES string of the molecule is Nc1nonc1N=Cc1cc(Cl)cc(Cl)c1O. The number of phenols is 1. The van der Waals surface area contributed by atoms with Gasteiger partial charge in [-0.3, -0.25) is 0 Å². The summed E-state index contributed by atoms with van der Waals surface area (Å²) in [6.07, 6.45) is 1.31. The highest BCUT2D eigenvalue weighted by molar-refractivity contribution is 6.36. The van der Waals surface area contributed by atoms with Gasteiger partial charge in [0.2, 0.25) is 11.6 Å². The average molecular weight is 273 g/mol. The molecule has 8 heteroatoms. The molecule has 1 heterocycles. The Labute approximate surface area is 106 Å². The van der Waals surface area contributed by atoms with Crippen LogP contribution in [0.25, 0.3) is 0 Å². The number of aromatic nitrogens is 2. The van der Waals surface area contributed by atoms with Crippen LogP contribution >= 0.6 is 23.2 Å². The van der Waals surface area contributed by atoms with Crippen LogP contribution in [0.15, 0.2) is 21.8 Å². The zero-order valence-corrected chi connectivity index (χ0v) is 9.77. The Kier molecular flexibility index (Phi) is 3.16. The number of aromatic hydroxyl groups is 1. The van der Waals surface area contributed by atoms with Crippen molar-refractivity contribution in [2.45, 2.75) is 0 Å². The van der Waals surface area contributed by atoms with Gasteiger partial charge >= 0.3 is 0 Å². The Morgan fingerprint density at radius 2 is 2.12 bits per heavy atom. The van der Waals surface area contributed by atoms with Crippen LogP contribution in [-0.4, -0.2) is 21.6 Å². The zero-order valence-electron chi connectivity index (χ0n) is 8.26. The first-order chi connectivity index (χ1) is 8.08. The number of nitrogens with zero attached hydrogens (tertiary/aromatic N) is 3. The molecule has 6 nitrogen and oxygen atoms in total. The van der Waals surface area contributed by atoms with Crippen LogP contribution in [0, 0.1) is 0 Å². The van der Waals surface area contributed by atoms with E-state index in [0.717, 1.165) is 0 Å². The summed E-state index contributed by atoms with van der Waals surface area (Å²) < 4.78 is 4.36. The lowest BCUT2D eigenvalue weighted by molar-refractivity contribution is 0.310. The normalized spacial score (nSPS) is 11.2. The largest absolute Gasteiger partial charge is 0.506 e. The summed E-state index contributed by atoms with van der Waals surface area (Å²) in [5.74, 6) is 0.0317. The van der Waals surface area contributed by atoms with E-state index in [0.29, 0.717) is 10.6 Å². The van der Waals surface area contributed by atoms with Gasteiger partial charge in [-0.2, -0.15) is 0 Å². The Morgan fingerprint density at radius 1 is 1.35 bits per heavy atom. The van der Waals surface area contributed by atoms with Crippen molar-refractivity contribution in [1.29, 1.82) is 0 Å². The van der Waals surface area contributed by atoms with E-state index in [1.54, 1.807) is 0 Å². The minimum atomic E-state index is -0.130. The first kappa shape index (κ1) is 11.7. The van der Waals surface area contributed by atoms with Crippen LogP contribution in [-0.2, 0) is 0 Å². The predicted octanol–water partition coefficient (Wildman–Crippen LogP) is 2.41. The molecule has 0 aliphatic heterocycles. The number of hydrogen-bond acceptors (Lipinski definition) is 6. The Bertz CT molecular complexity index is 582. The summed E-state index contributed by atoms with van der Waals surface area (Å²) >= 11 is 11.5. The molecule has 0 saturated carbocycles. The molecular formula is C9H6Cl2N4O2. The van der Waals surface area contributed by atoms with Crippen molar-refractivity contribution in [2.75, 3.05) is 5.73 Å². The van der Waals surface area contributed by atoms with Crippen LogP contribution in [0.2, 0.25) is 10.0 Å².